The molecule has 1 aromatic heterocycles. The molecule has 1 aromatic carbocycles. The van der Waals surface area contributed by atoms with Gasteiger partial charge < -0.3 is 15.7 Å². The maximum atomic E-state index is 12.0. The number of nitrogens with one attached hydrogen (secondary N) is 2. The van der Waals surface area contributed by atoms with Crippen LogP contribution in [0.3, 0.4) is 0 Å². The van der Waals surface area contributed by atoms with Crippen molar-refractivity contribution in [1.29, 1.82) is 0 Å². The third-order valence-electron chi connectivity index (χ3n) is 2.92. The summed E-state index contributed by atoms with van der Waals surface area (Å²) in [5.41, 5.74) is 1.08. The quantitative estimate of drug-likeness (QED) is 0.793. The van der Waals surface area contributed by atoms with Crippen molar-refractivity contribution in [2.45, 2.75) is 19.4 Å². The van der Waals surface area contributed by atoms with Crippen LogP contribution in [0.5, 0.6) is 0 Å². The highest BCUT2D eigenvalue weighted by Gasteiger charge is 2.12. The van der Waals surface area contributed by atoms with E-state index in [1.807, 2.05) is 24.4 Å². The topological polar surface area (TPSA) is 78.4 Å². The first kappa shape index (κ1) is 15.1. The zero-order chi connectivity index (χ0) is 15.2. The minimum Gasteiger partial charge on any atom is -0.481 e. The van der Waals surface area contributed by atoms with Gasteiger partial charge in [-0.15, -0.1) is 11.3 Å². The number of rotatable bonds is 5. The van der Waals surface area contributed by atoms with E-state index < -0.39 is 5.97 Å². The highest BCUT2D eigenvalue weighted by molar-refractivity contribution is 7.10. The Morgan fingerprint density at radius 1 is 1.24 bits per heavy atom. The largest absolute Gasteiger partial charge is 0.481 e. The lowest BCUT2D eigenvalue weighted by Crippen LogP contribution is -2.31. The Morgan fingerprint density at radius 2 is 2.00 bits per heavy atom. The molecule has 0 aliphatic heterocycles. The van der Waals surface area contributed by atoms with Crippen molar-refractivity contribution >= 4 is 29.0 Å². The van der Waals surface area contributed by atoms with Gasteiger partial charge in [0.05, 0.1) is 12.5 Å². The van der Waals surface area contributed by atoms with Crippen LogP contribution >= 0.6 is 11.3 Å². The summed E-state index contributed by atoms with van der Waals surface area (Å²) in [6, 6.07) is 10.3. The Labute approximate surface area is 126 Å². The number of hydrogen-bond acceptors (Lipinski definition) is 3. The van der Waals surface area contributed by atoms with Crippen LogP contribution in [0.15, 0.2) is 41.8 Å². The molecule has 0 saturated heterocycles. The van der Waals surface area contributed by atoms with Crippen molar-refractivity contribution in [3.05, 3.63) is 52.2 Å². The van der Waals surface area contributed by atoms with E-state index >= 15 is 0 Å². The predicted molar refractivity (Wildman–Crippen MR) is 82.7 cm³/mol. The van der Waals surface area contributed by atoms with Gasteiger partial charge in [-0.25, -0.2) is 4.79 Å². The number of carbonyl (C=O) groups excluding carboxylic acids is 1. The van der Waals surface area contributed by atoms with E-state index in [0.717, 1.165) is 4.88 Å². The predicted octanol–water partition coefficient (Wildman–Crippen LogP) is 3.26. The summed E-state index contributed by atoms with van der Waals surface area (Å²) in [5, 5.41) is 16.3. The van der Waals surface area contributed by atoms with Crippen molar-refractivity contribution < 1.29 is 14.7 Å². The minimum absolute atomic E-state index is 0.100. The summed E-state index contributed by atoms with van der Waals surface area (Å²) in [6.45, 7) is 1.90. The lowest BCUT2D eigenvalue weighted by atomic mass is 10.1. The average Bonchev–Trinajstić information content (AvgIpc) is 2.94. The van der Waals surface area contributed by atoms with E-state index in [2.05, 4.69) is 10.6 Å². The molecule has 2 aromatic rings. The number of carboxylic acid groups (broad SMARTS) is 1. The number of amides is 2. The number of urea groups is 1. The number of anilines is 1. The Hall–Kier alpha value is -2.34. The summed E-state index contributed by atoms with van der Waals surface area (Å²) in [7, 11) is 0. The van der Waals surface area contributed by atoms with Gasteiger partial charge in [0, 0.05) is 10.6 Å². The van der Waals surface area contributed by atoms with Gasteiger partial charge in [-0.1, -0.05) is 24.3 Å². The van der Waals surface area contributed by atoms with Crippen molar-refractivity contribution in [3.63, 3.8) is 0 Å². The molecule has 0 spiro atoms. The molecular formula is C15H16N2O3S. The molecule has 1 atom stereocenters. The second-order valence-electron chi connectivity index (χ2n) is 4.56. The Balaban J connectivity index is 2.01. The fraction of sp³-hybridized carbons (Fsp3) is 0.200. The number of hydrogen-bond donors (Lipinski definition) is 3. The third-order valence-corrected chi connectivity index (χ3v) is 3.98. The van der Waals surface area contributed by atoms with E-state index in [-0.39, 0.29) is 18.5 Å². The van der Waals surface area contributed by atoms with Gasteiger partial charge in [0.2, 0.25) is 0 Å². The second-order valence-corrected chi connectivity index (χ2v) is 5.54. The van der Waals surface area contributed by atoms with Gasteiger partial charge in [0.15, 0.2) is 0 Å². The molecule has 2 amide bonds. The van der Waals surface area contributed by atoms with Gasteiger partial charge >= 0.3 is 12.0 Å². The summed E-state index contributed by atoms with van der Waals surface area (Å²) in [5.74, 6) is -0.934. The Bertz CT molecular complexity index is 626. The smallest absolute Gasteiger partial charge is 0.319 e. The molecule has 1 heterocycles. The van der Waals surface area contributed by atoms with E-state index in [1.54, 1.807) is 35.6 Å². The molecule has 0 fully saturated rings. The highest BCUT2D eigenvalue weighted by atomic mass is 32.1. The van der Waals surface area contributed by atoms with Crippen LogP contribution in [0.4, 0.5) is 10.5 Å². The maximum absolute atomic E-state index is 12.0. The van der Waals surface area contributed by atoms with Crippen LogP contribution in [0.25, 0.3) is 0 Å². The fourth-order valence-corrected chi connectivity index (χ4v) is 2.66. The summed E-state index contributed by atoms with van der Waals surface area (Å²) >= 11 is 1.57. The lowest BCUT2D eigenvalue weighted by molar-refractivity contribution is -0.136. The molecular weight excluding hydrogens is 288 g/mol. The average molecular weight is 304 g/mol. The van der Waals surface area contributed by atoms with Crippen molar-refractivity contribution in [2.75, 3.05) is 5.32 Å². The third kappa shape index (κ3) is 4.32. The first-order valence-electron chi connectivity index (χ1n) is 6.47. The van der Waals surface area contributed by atoms with E-state index in [0.29, 0.717) is 11.3 Å². The van der Waals surface area contributed by atoms with Crippen LogP contribution in [-0.2, 0) is 11.2 Å². The maximum Gasteiger partial charge on any atom is 0.319 e. The van der Waals surface area contributed by atoms with E-state index in [1.165, 1.54) is 0 Å². The lowest BCUT2D eigenvalue weighted by Gasteiger charge is -2.14. The second kappa shape index (κ2) is 6.90. The molecule has 0 radical (unpaired) electrons. The Morgan fingerprint density at radius 3 is 2.67 bits per heavy atom. The summed E-state index contributed by atoms with van der Waals surface area (Å²) in [4.78, 5) is 23.9. The van der Waals surface area contributed by atoms with Crippen LogP contribution in [-0.4, -0.2) is 17.1 Å². The number of thiophene rings is 1. The number of carboxylic acids is 1. The molecule has 110 valence electrons. The van der Waals surface area contributed by atoms with Crippen molar-refractivity contribution in [1.82, 2.24) is 5.32 Å². The van der Waals surface area contributed by atoms with Gasteiger partial charge in [-0.2, -0.15) is 0 Å². The molecule has 0 bridgehead atoms. The molecule has 1 unspecified atom stereocenters. The number of carbonyl (C=O) groups is 2. The van der Waals surface area contributed by atoms with Crippen LogP contribution in [0.1, 0.15) is 23.4 Å². The minimum atomic E-state index is -0.934. The van der Waals surface area contributed by atoms with Gasteiger partial charge in [-0.3, -0.25) is 4.79 Å². The van der Waals surface area contributed by atoms with Crippen LogP contribution < -0.4 is 10.6 Å². The van der Waals surface area contributed by atoms with Crippen molar-refractivity contribution in [2.24, 2.45) is 0 Å². The van der Waals surface area contributed by atoms with Gasteiger partial charge in [0.25, 0.3) is 0 Å². The fourth-order valence-electron chi connectivity index (χ4n) is 1.92. The van der Waals surface area contributed by atoms with E-state index in [9.17, 15) is 9.59 Å². The first-order valence-corrected chi connectivity index (χ1v) is 7.35. The summed E-state index contributed by atoms with van der Waals surface area (Å²) < 4.78 is 0. The number of aliphatic carboxylic acids is 1. The molecule has 21 heavy (non-hydrogen) atoms. The normalized spacial score (nSPS) is 11.7. The molecule has 0 saturated carbocycles. The molecule has 2 rings (SSSR count). The monoisotopic (exact) mass is 304 g/mol. The van der Waals surface area contributed by atoms with Crippen molar-refractivity contribution in [3.8, 4) is 0 Å². The number of para-hydroxylation sites is 1. The van der Waals surface area contributed by atoms with Gasteiger partial charge in [-0.05, 0) is 30.0 Å². The first-order chi connectivity index (χ1) is 10.1. The number of benzene rings is 1. The molecule has 5 nitrogen and oxygen atoms in total. The SMILES string of the molecule is CC(NC(=O)Nc1ccccc1CC(=O)O)c1cccs1. The molecule has 0 aliphatic carbocycles. The summed E-state index contributed by atoms with van der Waals surface area (Å²) in [6.07, 6.45) is -0.128. The van der Waals surface area contributed by atoms with Crippen LogP contribution in [0, 0.1) is 0 Å². The Kier molecular flexibility index (Phi) is 4.94. The zero-order valence-corrected chi connectivity index (χ0v) is 12.3. The highest BCUT2D eigenvalue weighted by Crippen LogP contribution is 2.19. The standard InChI is InChI=1S/C15H16N2O3S/c1-10(13-7-4-8-21-13)16-15(20)17-12-6-3-2-5-11(12)9-14(18)19/h2-8,10H,9H2,1H3,(H,18,19)(H2,16,17,20). The molecule has 0 aliphatic rings. The van der Waals surface area contributed by atoms with Gasteiger partial charge in [0.1, 0.15) is 0 Å². The molecule has 6 heteroatoms. The van der Waals surface area contributed by atoms with Crippen LogP contribution in [0.2, 0.25) is 0 Å². The molecule has 3 N–H and O–H groups in total. The van der Waals surface area contributed by atoms with E-state index in [4.69, 9.17) is 5.11 Å². The zero-order valence-electron chi connectivity index (χ0n) is 11.5.